The highest BCUT2D eigenvalue weighted by molar-refractivity contribution is 6.01. The maximum absolute atomic E-state index is 13.5. The Kier molecular flexibility index (Phi) is 7.91. The van der Waals surface area contributed by atoms with Crippen LogP contribution in [0.25, 0.3) is 16.9 Å². The number of aryl methyl sites for hydroxylation is 1. The van der Waals surface area contributed by atoms with Gasteiger partial charge in [-0.25, -0.2) is 4.98 Å². The molecule has 1 unspecified atom stereocenters. The minimum absolute atomic E-state index is 0.113. The summed E-state index contributed by atoms with van der Waals surface area (Å²) in [7, 11) is 2.87. The summed E-state index contributed by atoms with van der Waals surface area (Å²) in [6, 6.07) is 17.1. The number of carbonyl (C=O) groups is 3. The van der Waals surface area contributed by atoms with Crippen LogP contribution in [-0.4, -0.2) is 53.1 Å². The number of rotatable bonds is 10. The van der Waals surface area contributed by atoms with E-state index < -0.39 is 23.9 Å². The summed E-state index contributed by atoms with van der Waals surface area (Å²) in [5.41, 5.74) is 3.47. The number of hydrogen-bond donors (Lipinski definition) is 3. The summed E-state index contributed by atoms with van der Waals surface area (Å²) >= 11 is 0. The summed E-state index contributed by atoms with van der Waals surface area (Å²) in [5.74, 6) is -0.821. The monoisotopic (exact) mass is 516 g/mol. The number of benzene rings is 2. The molecule has 0 saturated heterocycles. The first-order chi connectivity index (χ1) is 18.3. The van der Waals surface area contributed by atoms with Crippen LogP contribution in [0, 0.1) is 6.92 Å². The van der Waals surface area contributed by atoms with Gasteiger partial charge in [-0.3, -0.25) is 18.8 Å². The number of methoxy groups -OCH3 is 2. The average Bonchev–Trinajstić information content (AvgIpc) is 3.29. The van der Waals surface area contributed by atoms with Crippen molar-refractivity contribution in [2.45, 2.75) is 19.4 Å². The molecule has 0 radical (unpaired) electrons. The Labute approximate surface area is 219 Å². The molecule has 10 heteroatoms. The van der Waals surface area contributed by atoms with Gasteiger partial charge in [0.2, 0.25) is 0 Å². The van der Waals surface area contributed by atoms with Gasteiger partial charge in [-0.05, 0) is 48.9 Å². The van der Waals surface area contributed by atoms with Crippen molar-refractivity contribution in [2.24, 2.45) is 0 Å². The Bertz CT molecular complexity index is 1480. The van der Waals surface area contributed by atoms with Crippen LogP contribution in [0.1, 0.15) is 33.9 Å². The Morgan fingerprint density at radius 1 is 1.05 bits per heavy atom. The third-order valence-electron chi connectivity index (χ3n) is 6.01. The standard InChI is InChI=1S/C28H28N4O6/c1-17-6-4-7-19(14-17)22(15-23(33)34)30-28(36)21-8-5-13-32-26(21)31-25(27(32)29-16-24(35)38-3)18-9-11-20(37-2)12-10-18/h4-14,22,29H,15-16H2,1-3H3,(H,30,36)(H,33,34). The molecule has 4 rings (SSSR count). The van der Waals surface area contributed by atoms with Gasteiger partial charge in [0, 0.05) is 11.8 Å². The van der Waals surface area contributed by atoms with E-state index in [9.17, 15) is 19.5 Å². The van der Waals surface area contributed by atoms with Crippen LogP contribution in [0.2, 0.25) is 0 Å². The third-order valence-corrected chi connectivity index (χ3v) is 6.01. The van der Waals surface area contributed by atoms with Crippen molar-refractivity contribution in [3.8, 4) is 17.0 Å². The third kappa shape index (κ3) is 5.75. The van der Waals surface area contributed by atoms with Crippen molar-refractivity contribution in [1.29, 1.82) is 0 Å². The lowest BCUT2D eigenvalue weighted by Crippen LogP contribution is -2.30. The number of imidazole rings is 1. The Morgan fingerprint density at radius 3 is 2.47 bits per heavy atom. The summed E-state index contributed by atoms with van der Waals surface area (Å²) in [6.07, 6.45) is 1.44. The molecule has 0 bridgehead atoms. The molecule has 0 saturated carbocycles. The summed E-state index contributed by atoms with van der Waals surface area (Å²) < 4.78 is 11.7. The SMILES string of the molecule is COC(=O)CNc1c(-c2ccc(OC)cc2)nc2c(C(=O)NC(CC(=O)O)c3cccc(C)c3)cccn12. The molecule has 0 spiro atoms. The predicted molar refractivity (Wildman–Crippen MR) is 141 cm³/mol. The van der Waals surface area contributed by atoms with E-state index in [1.165, 1.54) is 7.11 Å². The second-order valence-electron chi connectivity index (χ2n) is 8.62. The fourth-order valence-corrected chi connectivity index (χ4v) is 4.14. The number of fused-ring (bicyclic) bond motifs is 1. The van der Waals surface area contributed by atoms with Crippen LogP contribution >= 0.6 is 0 Å². The molecule has 0 fully saturated rings. The van der Waals surface area contributed by atoms with E-state index in [-0.39, 0.29) is 18.5 Å². The van der Waals surface area contributed by atoms with Gasteiger partial charge in [0.1, 0.15) is 23.8 Å². The lowest BCUT2D eigenvalue weighted by atomic mass is 10.0. The van der Waals surface area contributed by atoms with Gasteiger partial charge in [0.25, 0.3) is 5.91 Å². The molecule has 4 aromatic rings. The molecule has 2 heterocycles. The molecule has 196 valence electrons. The van der Waals surface area contributed by atoms with E-state index >= 15 is 0 Å². The second kappa shape index (κ2) is 11.5. The fraction of sp³-hybridized carbons (Fsp3) is 0.214. The van der Waals surface area contributed by atoms with Gasteiger partial charge in [-0.2, -0.15) is 0 Å². The van der Waals surface area contributed by atoms with Crippen molar-refractivity contribution in [3.63, 3.8) is 0 Å². The molecule has 0 aliphatic heterocycles. The molecular weight excluding hydrogens is 488 g/mol. The van der Waals surface area contributed by atoms with Crippen molar-refractivity contribution >= 4 is 29.3 Å². The van der Waals surface area contributed by atoms with Crippen molar-refractivity contribution in [1.82, 2.24) is 14.7 Å². The molecule has 0 aliphatic carbocycles. The number of carboxylic acid groups (broad SMARTS) is 1. The van der Waals surface area contributed by atoms with Crippen molar-refractivity contribution in [3.05, 3.63) is 83.6 Å². The van der Waals surface area contributed by atoms with E-state index in [1.54, 1.807) is 48.0 Å². The zero-order valence-electron chi connectivity index (χ0n) is 21.2. The molecule has 0 aliphatic rings. The van der Waals surface area contributed by atoms with E-state index in [2.05, 4.69) is 10.6 Å². The van der Waals surface area contributed by atoms with E-state index in [0.717, 1.165) is 11.1 Å². The van der Waals surface area contributed by atoms with Crippen LogP contribution < -0.4 is 15.4 Å². The molecular formula is C28H28N4O6. The predicted octanol–water partition coefficient (Wildman–Crippen LogP) is 3.85. The number of aliphatic carboxylic acids is 1. The van der Waals surface area contributed by atoms with E-state index in [0.29, 0.717) is 28.5 Å². The fourth-order valence-electron chi connectivity index (χ4n) is 4.14. The van der Waals surface area contributed by atoms with E-state index in [1.807, 2.05) is 37.3 Å². The number of nitrogens with zero attached hydrogens (tertiary/aromatic N) is 2. The minimum atomic E-state index is -1.04. The first kappa shape index (κ1) is 26.2. The number of nitrogens with one attached hydrogen (secondary N) is 2. The van der Waals surface area contributed by atoms with Gasteiger partial charge < -0.3 is 25.2 Å². The maximum Gasteiger partial charge on any atom is 0.325 e. The Morgan fingerprint density at radius 2 is 1.82 bits per heavy atom. The Balaban J connectivity index is 1.76. The Hall–Kier alpha value is -4.86. The number of anilines is 1. The topological polar surface area (TPSA) is 131 Å². The normalized spacial score (nSPS) is 11.6. The summed E-state index contributed by atoms with van der Waals surface area (Å²) in [6.45, 7) is 1.79. The van der Waals surface area contributed by atoms with Crippen LogP contribution in [0.15, 0.2) is 66.9 Å². The number of ether oxygens (including phenoxy) is 2. The number of carbonyl (C=O) groups excluding carboxylic acids is 2. The number of carboxylic acids is 1. The number of hydrogen-bond acceptors (Lipinski definition) is 7. The highest BCUT2D eigenvalue weighted by atomic mass is 16.5. The number of esters is 1. The number of amides is 1. The van der Waals surface area contributed by atoms with Crippen molar-refractivity contribution < 1.29 is 29.0 Å². The van der Waals surface area contributed by atoms with Gasteiger partial charge in [0.15, 0.2) is 5.65 Å². The van der Waals surface area contributed by atoms with Gasteiger partial charge in [0.05, 0.1) is 32.2 Å². The number of pyridine rings is 1. The zero-order valence-corrected chi connectivity index (χ0v) is 21.2. The van der Waals surface area contributed by atoms with Crippen LogP contribution in [0.5, 0.6) is 5.75 Å². The van der Waals surface area contributed by atoms with Crippen LogP contribution in [-0.2, 0) is 14.3 Å². The minimum Gasteiger partial charge on any atom is -0.497 e. The lowest BCUT2D eigenvalue weighted by Gasteiger charge is -2.18. The van der Waals surface area contributed by atoms with Crippen LogP contribution in [0.4, 0.5) is 5.82 Å². The molecule has 2 aromatic heterocycles. The van der Waals surface area contributed by atoms with Crippen molar-refractivity contribution in [2.75, 3.05) is 26.1 Å². The smallest absolute Gasteiger partial charge is 0.325 e. The van der Waals surface area contributed by atoms with Gasteiger partial charge in [-0.1, -0.05) is 29.8 Å². The summed E-state index contributed by atoms with van der Waals surface area (Å²) in [5, 5.41) is 15.4. The molecule has 1 atom stereocenters. The van der Waals surface area contributed by atoms with Gasteiger partial charge >= 0.3 is 11.9 Å². The first-order valence-electron chi connectivity index (χ1n) is 11.9. The second-order valence-corrected chi connectivity index (χ2v) is 8.62. The maximum atomic E-state index is 13.5. The van der Waals surface area contributed by atoms with Crippen LogP contribution in [0.3, 0.4) is 0 Å². The molecule has 2 aromatic carbocycles. The number of aromatic nitrogens is 2. The van der Waals surface area contributed by atoms with Gasteiger partial charge in [-0.15, -0.1) is 0 Å². The highest BCUT2D eigenvalue weighted by Crippen LogP contribution is 2.31. The summed E-state index contributed by atoms with van der Waals surface area (Å²) in [4.78, 5) is 41.7. The lowest BCUT2D eigenvalue weighted by molar-refractivity contribution is -0.139. The molecule has 38 heavy (non-hydrogen) atoms. The molecule has 10 nitrogen and oxygen atoms in total. The highest BCUT2D eigenvalue weighted by Gasteiger charge is 2.23. The largest absolute Gasteiger partial charge is 0.497 e. The zero-order chi connectivity index (χ0) is 27.2. The first-order valence-corrected chi connectivity index (χ1v) is 11.9. The average molecular weight is 517 g/mol. The van der Waals surface area contributed by atoms with E-state index in [4.69, 9.17) is 14.5 Å². The molecule has 3 N–H and O–H groups in total. The quantitative estimate of drug-likeness (QED) is 0.271. The molecule has 1 amide bonds.